The van der Waals surface area contributed by atoms with Crippen molar-refractivity contribution in [1.29, 1.82) is 0 Å². The van der Waals surface area contributed by atoms with Gasteiger partial charge in [-0.2, -0.15) is 11.8 Å². The lowest BCUT2D eigenvalue weighted by Gasteiger charge is -2.19. The number of aliphatic carboxylic acids is 1. The molecule has 8 heteroatoms. The number of rotatable bonds is 8. The molecular formula is C21H22NO6S-. The average Bonchev–Trinajstić information content (AvgIpc) is 3.03. The SMILES string of the molecule is CSCC[C@H](NC(=O)CCc1c(C)c2cc3c(C)coc3cc2oc1=O)C(=O)[O-]. The van der Waals surface area contributed by atoms with Gasteiger partial charge in [-0.15, -0.1) is 0 Å². The molecular weight excluding hydrogens is 394 g/mol. The minimum atomic E-state index is -1.31. The first-order valence-corrected chi connectivity index (χ1v) is 10.6. The van der Waals surface area contributed by atoms with E-state index in [4.69, 9.17) is 8.83 Å². The van der Waals surface area contributed by atoms with E-state index in [0.29, 0.717) is 22.5 Å². The Balaban J connectivity index is 1.81. The molecule has 0 fully saturated rings. The van der Waals surface area contributed by atoms with Crippen LogP contribution in [0.1, 0.15) is 29.5 Å². The molecule has 0 aliphatic carbocycles. The van der Waals surface area contributed by atoms with Crippen molar-refractivity contribution < 1.29 is 23.5 Å². The first-order valence-electron chi connectivity index (χ1n) is 9.25. The molecule has 1 aromatic carbocycles. The van der Waals surface area contributed by atoms with E-state index in [-0.39, 0.29) is 19.3 Å². The van der Waals surface area contributed by atoms with E-state index >= 15 is 0 Å². The molecule has 1 N–H and O–H groups in total. The van der Waals surface area contributed by atoms with Crippen molar-refractivity contribution in [3.63, 3.8) is 0 Å². The van der Waals surface area contributed by atoms with E-state index < -0.39 is 23.5 Å². The van der Waals surface area contributed by atoms with Crippen LogP contribution >= 0.6 is 11.8 Å². The minimum Gasteiger partial charge on any atom is -0.548 e. The Morgan fingerprint density at radius 3 is 2.66 bits per heavy atom. The molecule has 1 amide bonds. The summed E-state index contributed by atoms with van der Waals surface area (Å²) < 4.78 is 10.9. The second kappa shape index (κ2) is 8.73. The number of aryl methyl sites for hydroxylation is 2. The fraction of sp³-hybridized carbons (Fsp3) is 0.381. The van der Waals surface area contributed by atoms with Crippen molar-refractivity contribution in [1.82, 2.24) is 5.32 Å². The van der Waals surface area contributed by atoms with E-state index in [2.05, 4.69) is 5.32 Å². The van der Waals surface area contributed by atoms with E-state index in [1.807, 2.05) is 26.2 Å². The van der Waals surface area contributed by atoms with Gasteiger partial charge in [-0.3, -0.25) is 4.79 Å². The Morgan fingerprint density at radius 1 is 1.21 bits per heavy atom. The number of carbonyl (C=O) groups excluding carboxylic acids is 2. The summed E-state index contributed by atoms with van der Waals surface area (Å²) in [6.45, 7) is 3.75. The summed E-state index contributed by atoms with van der Waals surface area (Å²) in [6.07, 6.45) is 3.92. The van der Waals surface area contributed by atoms with Crippen molar-refractivity contribution in [3.8, 4) is 0 Å². The van der Waals surface area contributed by atoms with Gasteiger partial charge in [-0.05, 0) is 55.9 Å². The number of furan rings is 1. The van der Waals surface area contributed by atoms with E-state index in [9.17, 15) is 19.5 Å². The van der Waals surface area contributed by atoms with Crippen LogP contribution in [0.25, 0.3) is 21.9 Å². The summed E-state index contributed by atoms with van der Waals surface area (Å²) >= 11 is 1.49. The van der Waals surface area contributed by atoms with E-state index in [1.165, 1.54) is 11.8 Å². The average molecular weight is 416 g/mol. The van der Waals surface area contributed by atoms with Gasteiger partial charge < -0.3 is 24.1 Å². The maximum Gasteiger partial charge on any atom is 0.339 e. The van der Waals surface area contributed by atoms with Crippen LogP contribution in [0, 0.1) is 13.8 Å². The highest BCUT2D eigenvalue weighted by atomic mass is 32.2. The van der Waals surface area contributed by atoms with Gasteiger partial charge in [-0.25, -0.2) is 4.79 Å². The smallest absolute Gasteiger partial charge is 0.339 e. The third kappa shape index (κ3) is 4.48. The molecule has 0 bridgehead atoms. The van der Waals surface area contributed by atoms with Crippen LogP contribution < -0.4 is 16.0 Å². The second-order valence-corrected chi connectivity index (χ2v) is 7.96. The topological polar surface area (TPSA) is 113 Å². The van der Waals surface area contributed by atoms with E-state index in [1.54, 1.807) is 12.3 Å². The summed E-state index contributed by atoms with van der Waals surface area (Å²) in [4.78, 5) is 35.8. The van der Waals surface area contributed by atoms with Gasteiger partial charge in [0.2, 0.25) is 5.91 Å². The van der Waals surface area contributed by atoms with Gasteiger partial charge in [0.15, 0.2) is 0 Å². The van der Waals surface area contributed by atoms with Gasteiger partial charge >= 0.3 is 5.63 Å². The summed E-state index contributed by atoms with van der Waals surface area (Å²) in [6, 6.07) is 2.57. The molecule has 0 spiro atoms. The molecule has 2 heterocycles. The molecule has 154 valence electrons. The number of carboxylic acid groups (broad SMARTS) is 1. The molecule has 1 atom stereocenters. The second-order valence-electron chi connectivity index (χ2n) is 6.98. The third-order valence-corrected chi connectivity index (χ3v) is 5.65. The highest BCUT2D eigenvalue weighted by Gasteiger charge is 2.17. The van der Waals surface area contributed by atoms with Crippen LogP contribution in [-0.2, 0) is 16.0 Å². The zero-order valence-corrected chi connectivity index (χ0v) is 17.3. The Kier molecular flexibility index (Phi) is 6.32. The van der Waals surface area contributed by atoms with E-state index in [0.717, 1.165) is 21.9 Å². The molecule has 0 aliphatic rings. The highest BCUT2D eigenvalue weighted by molar-refractivity contribution is 7.98. The fourth-order valence-electron chi connectivity index (χ4n) is 3.32. The predicted molar refractivity (Wildman–Crippen MR) is 110 cm³/mol. The van der Waals surface area contributed by atoms with Gasteiger partial charge in [-0.1, -0.05) is 0 Å². The number of carboxylic acids is 1. The number of amides is 1. The summed E-state index contributed by atoms with van der Waals surface area (Å²) in [5, 5.41) is 15.4. The molecule has 0 saturated heterocycles. The first-order chi connectivity index (χ1) is 13.8. The maximum atomic E-state index is 12.4. The van der Waals surface area contributed by atoms with Crippen molar-refractivity contribution in [2.45, 2.75) is 39.2 Å². The van der Waals surface area contributed by atoms with Crippen LogP contribution in [0.3, 0.4) is 0 Å². The van der Waals surface area contributed by atoms with Crippen LogP contribution in [0.2, 0.25) is 0 Å². The standard InChI is InChI=1S/C21H23NO6S/c1-11-10-27-17-9-18-15(8-14(11)17)12(2)13(21(26)28-18)4-5-19(23)22-16(20(24)25)6-7-29-3/h8-10,16H,4-7H2,1-3H3,(H,22,23)(H,24,25)/p-1/t16-/m0/s1. The van der Waals surface area contributed by atoms with Gasteiger partial charge in [0.1, 0.15) is 11.2 Å². The minimum absolute atomic E-state index is 0.0207. The molecule has 0 saturated carbocycles. The number of fused-ring (bicyclic) bond motifs is 2. The van der Waals surface area contributed by atoms with Crippen molar-refractivity contribution in [2.75, 3.05) is 12.0 Å². The monoisotopic (exact) mass is 416 g/mol. The zero-order chi connectivity index (χ0) is 21.1. The predicted octanol–water partition coefficient (Wildman–Crippen LogP) is 2.08. The van der Waals surface area contributed by atoms with Crippen LogP contribution in [-0.4, -0.2) is 29.9 Å². The van der Waals surface area contributed by atoms with Crippen molar-refractivity contribution in [2.24, 2.45) is 0 Å². The maximum absolute atomic E-state index is 12.4. The lowest BCUT2D eigenvalue weighted by Crippen LogP contribution is -2.48. The summed E-state index contributed by atoms with van der Waals surface area (Å²) in [7, 11) is 0. The lowest BCUT2D eigenvalue weighted by atomic mass is 10.0. The largest absolute Gasteiger partial charge is 0.548 e. The number of thioether (sulfide) groups is 1. The molecule has 3 aromatic rings. The van der Waals surface area contributed by atoms with Crippen molar-refractivity contribution >= 4 is 45.6 Å². The molecule has 2 aromatic heterocycles. The quantitative estimate of drug-likeness (QED) is 0.559. The lowest BCUT2D eigenvalue weighted by molar-refractivity contribution is -0.308. The normalized spacial score (nSPS) is 12.4. The Labute approximate surface area is 171 Å². The summed E-state index contributed by atoms with van der Waals surface area (Å²) in [5.41, 5.74) is 2.68. The third-order valence-electron chi connectivity index (χ3n) is 5.01. The number of nitrogens with one attached hydrogen (secondary N) is 1. The van der Waals surface area contributed by atoms with Crippen molar-refractivity contribution in [3.05, 3.63) is 45.5 Å². The number of hydrogen-bond acceptors (Lipinski definition) is 7. The molecule has 3 rings (SSSR count). The zero-order valence-electron chi connectivity index (χ0n) is 16.5. The number of hydrogen-bond donors (Lipinski definition) is 1. The molecule has 0 radical (unpaired) electrons. The highest BCUT2D eigenvalue weighted by Crippen LogP contribution is 2.29. The van der Waals surface area contributed by atoms with Gasteiger partial charge in [0, 0.05) is 28.8 Å². The molecule has 0 aliphatic heterocycles. The first kappa shape index (κ1) is 21.0. The number of carbonyl (C=O) groups is 2. The fourth-order valence-corrected chi connectivity index (χ4v) is 3.79. The Morgan fingerprint density at radius 2 is 1.97 bits per heavy atom. The molecule has 7 nitrogen and oxygen atoms in total. The van der Waals surface area contributed by atoms with Crippen LogP contribution in [0.15, 0.2) is 32.0 Å². The van der Waals surface area contributed by atoms with Gasteiger partial charge in [0.25, 0.3) is 0 Å². The van der Waals surface area contributed by atoms with Gasteiger partial charge in [0.05, 0.1) is 18.3 Å². The Bertz CT molecular complexity index is 1130. The van der Waals surface area contributed by atoms with Crippen LogP contribution in [0.5, 0.6) is 0 Å². The van der Waals surface area contributed by atoms with Crippen LogP contribution in [0.4, 0.5) is 0 Å². The molecule has 0 unspecified atom stereocenters. The molecule has 29 heavy (non-hydrogen) atoms. The summed E-state index contributed by atoms with van der Waals surface area (Å²) in [5.74, 6) is -1.16. The number of benzene rings is 1. The Hall–Kier alpha value is -2.74.